The summed E-state index contributed by atoms with van der Waals surface area (Å²) < 4.78 is 0.732. The van der Waals surface area contributed by atoms with Crippen molar-refractivity contribution in [1.82, 2.24) is 9.88 Å². The van der Waals surface area contributed by atoms with Crippen LogP contribution in [0.5, 0.6) is 0 Å². The molecule has 3 rings (SSSR count). The third kappa shape index (κ3) is 3.66. The number of pyridine rings is 1. The maximum atomic E-state index is 12.7. The zero-order valence-corrected chi connectivity index (χ0v) is 15.1. The van der Waals surface area contributed by atoms with E-state index in [2.05, 4.69) is 4.98 Å². The van der Waals surface area contributed by atoms with Crippen LogP contribution >= 0.6 is 22.9 Å². The molecule has 0 aliphatic heterocycles. The van der Waals surface area contributed by atoms with Crippen LogP contribution in [0, 0.1) is 6.92 Å². The minimum Gasteiger partial charge on any atom is -0.337 e. The maximum absolute atomic E-state index is 12.7. The van der Waals surface area contributed by atoms with Gasteiger partial charge in [0.05, 0.1) is 27.8 Å². The number of carbonyl (C=O) groups excluding carboxylic acids is 1. The van der Waals surface area contributed by atoms with Gasteiger partial charge in [-0.3, -0.25) is 9.78 Å². The molecule has 122 valence electrons. The van der Waals surface area contributed by atoms with E-state index in [0.29, 0.717) is 12.1 Å². The monoisotopic (exact) mass is 356 g/mol. The molecule has 0 unspecified atom stereocenters. The zero-order chi connectivity index (χ0) is 17.1. The zero-order valence-electron chi connectivity index (χ0n) is 13.5. The first-order valence-electron chi connectivity index (χ1n) is 7.57. The van der Waals surface area contributed by atoms with Gasteiger partial charge in [0.1, 0.15) is 0 Å². The van der Waals surface area contributed by atoms with Gasteiger partial charge >= 0.3 is 0 Å². The van der Waals surface area contributed by atoms with Crippen molar-refractivity contribution in [2.45, 2.75) is 13.5 Å². The highest BCUT2D eigenvalue weighted by molar-refractivity contribution is 7.16. The van der Waals surface area contributed by atoms with Crippen molar-refractivity contribution in [3.63, 3.8) is 0 Å². The quantitative estimate of drug-likeness (QED) is 0.655. The van der Waals surface area contributed by atoms with Crippen molar-refractivity contribution < 1.29 is 4.79 Å². The Kier molecular flexibility index (Phi) is 4.97. The summed E-state index contributed by atoms with van der Waals surface area (Å²) in [4.78, 5) is 20.0. The molecule has 1 aromatic carbocycles. The molecule has 24 heavy (non-hydrogen) atoms. The van der Waals surface area contributed by atoms with Gasteiger partial charge < -0.3 is 4.90 Å². The average molecular weight is 357 g/mol. The summed E-state index contributed by atoms with van der Waals surface area (Å²) in [5.41, 5.74) is 3.27. The largest absolute Gasteiger partial charge is 0.337 e. The number of halogens is 1. The maximum Gasteiger partial charge on any atom is 0.255 e. The first kappa shape index (κ1) is 16.7. The van der Waals surface area contributed by atoms with Crippen molar-refractivity contribution in [2.24, 2.45) is 0 Å². The predicted molar refractivity (Wildman–Crippen MR) is 99.5 cm³/mol. The van der Waals surface area contributed by atoms with Gasteiger partial charge in [-0.15, -0.1) is 11.3 Å². The SMILES string of the molecule is Cc1nc(-c2ccccc2)ccc1C(=O)N(C)Cc1ccc(Cl)s1. The first-order valence-corrected chi connectivity index (χ1v) is 8.77. The number of amides is 1. The van der Waals surface area contributed by atoms with Gasteiger partial charge in [0.15, 0.2) is 0 Å². The minimum atomic E-state index is -0.0378. The standard InChI is InChI=1S/C19H17ClN2OS/c1-13-16(9-10-17(21-13)14-6-4-3-5-7-14)19(23)22(2)12-15-8-11-18(20)24-15/h3-11H,12H2,1-2H3. The molecule has 0 fully saturated rings. The summed E-state index contributed by atoms with van der Waals surface area (Å²) in [6.07, 6.45) is 0. The first-order chi connectivity index (χ1) is 11.5. The van der Waals surface area contributed by atoms with Crippen LogP contribution < -0.4 is 0 Å². The Labute approximate surface area is 150 Å². The van der Waals surface area contributed by atoms with Gasteiger partial charge in [0.2, 0.25) is 0 Å². The summed E-state index contributed by atoms with van der Waals surface area (Å²) in [7, 11) is 1.79. The van der Waals surface area contributed by atoms with Crippen LogP contribution in [-0.4, -0.2) is 22.8 Å². The second kappa shape index (κ2) is 7.16. The summed E-state index contributed by atoms with van der Waals surface area (Å²) >= 11 is 7.43. The molecule has 0 spiro atoms. The number of rotatable bonds is 4. The van der Waals surface area contributed by atoms with E-state index in [-0.39, 0.29) is 5.91 Å². The average Bonchev–Trinajstić information content (AvgIpc) is 3.00. The third-order valence-electron chi connectivity index (χ3n) is 3.75. The van der Waals surface area contributed by atoms with Crippen LogP contribution in [0.15, 0.2) is 54.6 Å². The summed E-state index contributed by atoms with van der Waals surface area (Å²) in [6, 6.07) is 17.5. The Morgan fingerprint density at radius 1 is 1.12 bits per heavy atom. The number of hydrogen-bond acceptors (Lipinski definition) is 3. The molecule has 0 aliphatic carbocycles. The molecular weight excluding hydrogens is 340 g/mol. The molecule has 3 aromatic rings. The molecule has 5 heteroatoms. The van der Waals surface area contributed by atoms with Crippen molar-refractivity contribution in [1.29, 1.82) is 0 Å². The van der Waals surface area contributed by atoms with Crippen molar-refractivity contribution >= 4 is 28.8 Å². The van der Waals surface area contributed by atoms with Crippen LogP contribution in [0.2, 0.25) is 4.34 Å². The molecule has 1 amide bonds. The minimum absolute atomic E-state index is 0.0378. The molecule has 0 saturated heterocycles. The molecule has 2 aromatic heterocycles. The van der Waals surface area contributed by atoms with E-state index in [1.54, 1.807) is 11.9 Å². The molecular formula is C19H17ClN2OS. The second-order valence-corrected chi connectivity index (χ2v) is 7.36. The number of carbonyl (C=O) groups is 1. The fourth-order valence-electron chi connectivity index (χ4n) is 2.50. The van der Waals surface area contributed by atoms with E-state index in [4.69, 9.17) is 11.6 Å². The molecule has 0 atom stereocenters. The van der Waals surface area contributed by atoms with Crippen LogP contribution in [0.1, 0.15) is 20.9 Å². The van der Waals surface area contributed by atoms with E-state index >= 15 is 0 Å². The van der Waals surface area contributed by atoms with E-state index in [1.165, 1.54) is 11.3 Å². The highest BCUT2D eigenvalue weighted by Gasteiger charge is 2.16. The number of benzene rings is 1. The Morgan fingerprint density at radius 2 is 1.88 bits per heavy atom. The lowest BCUT2D eigenvalue weighted by Crippen LogP contribution is -2.26. The van der Waals surface area contributed by atoms with E-state index in [0.717, 1.165) is 26.2 Å². The van der Waals surface area contributed by atoms with Crippen molar-refractivity contribution in [3.8, 4) is 11.3 Å². The number of hydrogen-bond donors (Lipinski definition) is 0. The number of nitrogens with zero attached hydrogens (tertiary/aromatic N) is 2. The van der Waals surface area contributed by atoms with E-state index in [1.807, 2.05) is 61.5 Å². The van der Waals surface area contributed by atoms with E-state index < -0.39 is 0 Å². The normalized spacial score (nSPS) is 10.6. The highest BCUT2D eigenvalue weighted by Crippen LogP contribution is 2.24. The molecule has 3 nitrogen and oxygen atoms in total. The Balaban J connectivity index is 1.80. The predicted octanol–water partition coefficient (Wildman–Crippen LogP) is 5.04. The third-order valence-corrected chi connectivity index (χ3v) is 4.97. The summed E-state index contributed by atoms with van der Waals surface area (Å²) in [5, 5.41) is 0. The second-order valence-electron chi connectivity index (χ2n) is 5.56. The van der Waals surface area contributed by atoms with Gasteiger partial charge in [0.25, 0.3) is 5.91 Å². The summed E-state index contributed by atoms with van der Waals surface area (Å²) in [5.74, 6) is -0.0378. The lowest BCUT2D eigenvalue weighted by atomic mass is 10.1. The van der Waals surface area contributed by atoms with Gasteiger partial charge in [-0.25, -0.2) is 0 Å². The van der Waals surface area contributed by atoms with E-state index in [9.17, 15) is 4.79 Å². The van der Waals surface area contributed by atoms with Gasteiger partial charge in [-0.05, 0) is 31.2 Å². The van der Waals surface area contributed by atoms with Crippen LogP contribution in [0.4, 0.5) is 0 Å². The topological polar surface area (TPSA) is 33.2 Å². The molecule has 0 N–H and O–H groups in total. The van der Waals surface area contributed by atoms with Crippen LogP contribution in [-0.2, 0) is 6.54 Å². The Morgan fingerprint density at radius 3 is 2.50 bits per heavy atom. The Bertz CT molecular complexity index is 861. The fourth-order valence-corrected chi connectivity index (χ4v) is 3.65. The lowest BCUT2D eigenvalue weighted by Gasteiger charge is -2.17. The smallest absolute Gasteiger partial charge is 0.255 e. The summed E-state index contributed by atoms with van der Waals surface area (Å²) in [6.45, 7) is 2.41. The van der Waals surface area contributed by atoms with Gasteiger partial charge in [-0.2, -0.15) is 0 Å². The molecule has 0 bridgehead atoms. The van der Waals surface area contributed by atoms with Gasteiger partial charge in [0, 0.05) is 17.5 Å². The molecule has 0 radical (unpaired) electrons. The fraction of sp³-hybridized carbons (Fsp3) is 0.158. The Hall–Kier alpha value is -2.17. The molecule has 0 aliphatic rings. The molecule has 2 heterocycles. The number of thiophene rings is 1. The number of aryl methyl sites for hydroxylation is 1. The van der Waals surface area contributed by atoms with Gasteiger partial charge in [-0.1, -0.05) is 41.9 Å². The van der Waals surface area contributed by atoms with Crippen molar-refractivity contribution in [3.05, 3.63) is 75.1 Å². The van der Waals surface area contributed by atoms with Crippen LogP contribution in [0.25, 0.3) is 11.3 Å². The highest BCUT2D eigenvalue weighted by atomic mass is 35.5. The van der Waals surface area contributed by atoms with Crippen LogP contribution in [0.3, 0.4) is 0 Å². The van der Waals surface area contributed by atoms with Crippen molar-refractivity contribution in [2.75, 3.05) is 7.05 Å². The lowest BCUT2D eigenvalue weighted by molar-refractivity contribution is 0.0785. The molecule has 0 saturated carbocycles. The number of aromatic nitrogens is 1.